The highest BCUT2D eigenvalue weighted by molar-refractivity contribution is 7.10. The molecule has 5 N–H and O–H groups in total. The molecular weight excluding hydrogens is 699 g/mol. The Morgan fingerprint density at radius 1 is 1.09 bits per heavy atom. The number of fused-ring (bicyclic) bond motifs is 1. The van der Waals surface area contributed by atoms with E-state index >= 15 is 0 Å². The molecule has 2 aromatic carbocycles. The number of aromatic nitrogens is 1. The van der Waals surface area contributed by atoms with E-state index in [0.29, 0.717) is 53.9 Å². The van der Waals surface area contributed by atoms with E-state index in [2.05, 4.69) is 41.3 Å². The summed E-state index contributed by atoms with van der Waals surface area (Å²) in [6.07, 6.45) is 12.9. The summed E-state index contributed by atoms with van der Waals surface area (Å²) in [5.41, 5.74) is 1.16. The van der Waals surface area contributed by atoms with Crippen LogP contribution in [0.2, 0.25) is 0 Å². The van der Waals surface area contributed by atoms with Gasteiger partial charge < -0.3 is 35.3 Å². The molecule has 9 nitrogen and oxygen atoms in total. The number of carbonyl (C=O) groups is 1. The van der Waals surface area contributed by atoms with Gasteiger partial charge in [0.05, 0.1) is 18.2 Å². The number of phenolic OH excluding ortho intramolecular Hbond substituents is 1. The lowest BCUT2D eigenvalue weighted by Gasteiger charge is -2.35. The van der Waals surface area contributed by atoms with Gasteiger partial charge in [0.25, 0.3) is 0 Å². The SMILES string of the molecule is CC(Cc1ccc(OCCCN(C)C2CCC(C3CC3C(=O)C(O)(C3=CC=CC3)c3cccs3)CC2)cc1)NC[C@H](O)c1ccc(O)c2[nH]c(=O)ccc12. The fourth-order valence-electron chi connectivity index (χ4n) is 8.72. The Hall–Kier alpha value is -4.06. The summed E-state index contributed by atoms with van der Waals surface area (Å²) in [5, 5.41) is 38.8. The topological polar surface area (TPSA) is 135 Å². The van der Waals surface area contributed by atoms with Crippen molar-refractivity contribution in [2.75, 3.05) is 26.7 Å². The molecule has 0 saturated heterocycles. The molecule has 3 aliphatic rings. The number of allylic oxidation sites excluding steroid dienone is 3. The van der Waals surface area contributed by atoms with Crippen molar-refractivity contribution in [3.63, 3.8) is 0 Å². The zero-order chi connectivity index (χ0) is 37.8. The average Bonchev–Trinajstić information content (AvgIpc) is 3.50. The molecule has 0 radical (unpaired) electrons. The summed E-state index contributed by atoms with van der Waals surface area (Å²) in [7, 11) is 2.22. The van der Waals surface area contributed by atoms with E-state index in [9.17, 15) is 24.9 Å². The van der Waals surface area contributed by atoms with Gasteiger partial charge in [-0.05, 0) is 130 Å². The van der Waals surface area contributed by atoms with Crippen LogP contribution in [0.15, 0.2) is 94.6 Å². The van der Waals surface area contributed by atoms with Gasteiger partial charge >= 0.3 is 0 Å². The zero-order valence-corrected chi connectivity index (χ0v) is 32.1. The maximum Gasteiger partial charge on any atom is 0.248 e. The third kappa shape index (κ3) is 8.43. The Kier molecular flexibility index (Phi) is 11.9. The van der Waals surface area contributed by atoms with Crippen molar-refractivity contribution in [1.29, 1.82) is 0 Å². The molecule has 54 heavy (non-hydrogen) atoms. The molecule has 4 aromatic rings. The molecule has 3 aliphatic carbocycles. The normalized spacial score (nSPS) is 23.2. The van der Waals surface area contributed by atoms with Crippen molar-refractivity contribution < 1.29 is 24.9 Å². The maximum absolute atomic E-state index is 13.8. The van der Waals surface area contributed by atoms with Gasteiger partial charge in [0, 0.05) is 47.4 Å². The predicted octanol–water partition coefficient (Wildman–Crippen LogP) is 6.79. The summed E-state index contributed by atoms with van der Waals surface area (Å²) in [6, 6.07) is 18.9. The average molecular weight is 752 g/mol. The molecule has 10 heteroatoms. The van der Waals surface area contributed by atoms with E-state index in [1.54, 1.807) is 12.1 Å². The number of thiophene rings is 1. The third-order valence-corrected chi connectivity index (χ3v) is 12.9. The van der Waals surface area contributed by atoms with Crippen molar-refractivity contribution in [3.8, 4) is 11.5 Å². The molecule has 2 heterocycles. The number of H-pyrrole nitrogens is 1. The number of carbonyl (C=O) groups excluding carboxylic acids is 1. The second-order valence-corrected chi connectivity index (χ2v) is 16.5. The molecule has 2 aromatic heterocycles. The van der Waals surface area contributed by atoms with Gasteiger partial charge in [-0.3, -0.25) is 9.59 Å². The van der Waals surface area contributed by atoms with Crippen molar-refractivity contribution in [1.82, 2.24) is 15.2 Å². The highest BCUT2D eigenvalue weighted by Crippen LogP contribution is 2.54. The van der Waals surface area contributed by atoms with Crippen LogP contribution in [-0.2, 0) is 16.8 Å². The van der Waals surface area contributed by atoms with Crippen molar-refractivity contribution in [2.24, 2.45) is 17.8 Å². The minimum atomic E-state index is -1.49. The number of hydrogen-bond donors (Lipinski definition) is 5. The molecule has 4 unspecified atom stereocenters. The second-order valence-electron chi connectivity index (χ2n) is 15.6. The van der Waals surface area contributed by atoms with Crippen molar-refractivity contribution >= 4 is 28.0 Å². The van der Waals surface area contributed by atoms with Gasteiger partial charge in [-0.1, -0.05) is 42.5 Å². The Morgan fingerprint density at radius 3 is 2.61 bits per heavy atom. The molecule has 286 valence electrons. The summed E-state index contributed by atoms with van der Waals surface area (Å²) < 4.78 is 6.09. The Bertz CT molecular complexity index is 2020. The number of nitrogens with one attached hydrogen (secondary N) is 2. The third-order valence-electron chi connectivity index (χ3n) is 11.9. The number of aliphatic hydroxyl groups is 2. The van der Waals surface area contributed by atoms with Crippen LogP contribution in [0.1, 0.15) is 74.0 Å². The number of phenols is 1. The number of hydrogen-bond acceptors (Lipinski definition) is 9. The zero-order valence-electron chi connectivity index (χ0n) is 31.2. The molecule has 0 aliphatic heterocycles. The van der Waals surface area contributed by atoms with Crippen LogP contribution in [0.5, 0.6) is 11.5 Å². The number of nitrogens with zero attached hydrogens (tertiary/aromatic N) is 1. The van der Waals surface area contributed by atoms with Gasteiger partial charge in [-0.15, -0.1) is 11.3 Å². The Labute approximate surface area is 321 Å². The lowest BCUT2D eigenvalue weighted by atomic mass is 9.79. The molecule has 7 rings (SSSR count). The quantitative estimate of drug-likeness (QED) is 0.0746. The number of Topliss-reactive ketones (excluding diaryl/α,β-unsaturated/α-hetero) is 1. The summed E-state index contributed by atoms with van der Waals surface area (Å²) in [6.45, 7) is 4.04. The Balaban J connectivity index is 0.794. The lowest BCUT2D eigenvalue weighted by molar-refractivity contribution is -0.136. The van der Waals surface area contributed by atoms with E-state index in [4.69, 9.17) is 4.74 Å². The van der Waals surface area contributed by atoms with Crippen molar-refractivity contribution in [3.05, 3.63) is 116 Å². The first-order chi connectivity index (χ1) is 26.1. The molecule has 0 bridgehead atoms. The number of ketones is 1. The van der Waals surface area contributed by atoms with Gasteiger partial charge in [0.1, 0.15) is 11.5 Å². The van der Waals surface area contributed by atoms with Crippen LogP contribution < -0.4 is 15.6 Å². The van der Waals surface area contributed by atoms with Crippen LogP contribution in [0.4, 0.5) is 0 Å². The number of aromatic hydroxyl groups is 1. The fourth-order valence-corrected chi connectivity index (χ4v) is 9.58. The smallest absolute Gasteiger partial charge is 0.248 e. The first kappa shape index (κ1) is 38.2. The summed E-state index contributed by atoms with van der Waals surface area (Å²) >= 11 is 1.47. The summed E-state index contributed by atoms with van der Waals surface area (Å²) in [4.78, 5) is 31.4. The van der Waals surface area contributed by atoms with Crippen LogP contribution in [0.25, 0.3) is 10.9 Å². The van der Waals surface area contributed by atoms with E-state index in [0.717, 1.165) is 67.7 Å². The first-order valence-electron chi connectivity index (χ1n) is 19.5. The van der Waals surface area contributed by atoms with E-state index in [-0.39, 0.29) is 29.1 Å². The number of benzene rings is 2. The van der Waals surface area contributed by atoms with Crippen molar-refractivity contribution in [2.45, 2.75) is 82.1 Å². The minimum Gasteiger partial charge on any atom is -0.506 e. The number of ether oxygens (including phenoxy) is 1. The predicted molar refractivity (Wildman–Crippen MR) is 214 cm³/mol. The molecular formula is C44H53N3O6S. The van der Waals surface area contributed by atoms with Crippen LogP contribution in [-0.4, -0.2) is 69.8 Å². The van der Waals surface area contributed by atoms with Gasteiger partial charge in [0.15, 0.2) is 11.4 Å². The second kappa shape index (κ2) is 16.8. The first-order valence-corrected chi connectivity index (χ1v) is 20.3. The van der Waals surface area contributed by atoms with E-state index in [1.807, 2.05) is 47.9 Å². The number of rotatable bonds is 17. The van der Waals surface area contributed by atoms with Gasteiger partial charge in [-0.2, -0.15) is 0 Å². The minimum absolute atomic E-state index is 0.0000311. The molecule has 0 spiro atoms. The van der Waals surface area contributed by atoms with Crippen LogP contribution >= 0.6 is 11.3 Å². The number of pyridine rings is 1. The van der Waals surface area contributed by atoms with Gasteiger partial charge in [0.2, 0.25) is 5.56 Å². The standard InChI is InChI=1S/C44H53N3O6S/c1-28(45-27-39(49)34-18-20-38(48)42-35(34)19-21-41(50)46-42)25-29-10-16-33(17-11-29)53-23-6-22-47(2)32-14-12-30(13-15-32)36-26-37(36)43(51)44(52,31-7-3-4-8-31)40-9-5-24-54-40/h3-5,7,9-11,16-21,24,28,30,32,36-37,39,45,48-49,52H,6,8,12-15,22-23,25-27H2,1-2H3,(H,46,50)/t28?,30?,32?,36?,37?,39-,44?/m0/s1. The van der Waals surface area contributed by atoms with Gasteiger partial charge in [-0.25, -0.2) is 0 Å². The van der Waals surface area contributed by atoms with E-state index in [1.165, 1.54) is 29.0 Å². The van der Waals surface area contributed by atoms with E-state index < -0.39 is 11.7 Å². The molecule has 2 saturated carbocycles. The largest absolute Gasteiger partial charge is 0.506 e. The lowest BCUT2D eigenvalue weighted by Crippen LogP contribution is -2.39. The number of aliphatic hydroxyl groups excluding tert-OH is 1. The Morgan fingerprint density at radius 2 is 1.89 bits per heavy atom. The highest BCUT2D eigenvalue weighted by atomic mass is 32.1. The molecule has 5 atom stereocenters. The molecule has 2 fully saturated rings. The number of aromatic amines is 1. The highest BCUT2D eigenvalue weighted by Gasteiger charge is 2.55. The maximum atomic E-state index is 13.8. The molecule has 0 amide bonds. The summed E-state index contributed by atoms with van der Waals surface area (Å²) in [5.74, 6) is 1.74. The van der Waals surface area contributed by atoms with Crippen LogP contribution in [0.3, 0.4) is 0 Å². The monoisotopic (exact) mass is 751 g/mol. The fraction of sp³-hybridized carbons (Fsp3) is 0.455. The van der Waals surface area contributed by atoms with Crippen LogP contribution in [0, 0.1) is 17.8 Å².